The Morgan fingerprint density at radius 1 is 1.19 bits per heavy atom. The highest BCUT2D eigenvalue weighted by atomic mass is 16.2. The molecule has 0 saturated carbocycles. The minimum atomic E-state index is -0.579. The van der Waals surface area contributed by atoms with E-state index < -0.39 is 6.04 Å². The van der Waals surface area contributed by atoms with Gasteiger partial charge in [-0.1, -0.05) is 36.4 Å². The van der Waals surface area contributed by atoms with Crippen molar-refractivity contribution >= 4 is 11.7 Å². The summed E-state index contributed by atoms with van der Waals surface area (Å²) >= 11 is 0. The average Bonchev–Trinajstić information content (AvgIpc) is 2.72. The van der Waals surface area contributed by atoms with E-state index in [4.69, 9.17) is 5.73 Å². The van der Waals surface area contributed by atoms with Gasteiger partial charge in [0.15, 0.2) is 0 Å². The molecule has 5 heteroatoms. The van der Waals surface area contributed by atoms with Gasteiger partial charge in [-0.15, -0.1) is 0 Å². The number of hydrogen-bond donors (Lipinski definition) is 1. The highest BCUT2D eigenvalue weighted by Gasteiger charge is 2.26. The van der Waals surface area contributed by atoms with Crippen LogP contribution in [0, 0.1) is 5.92 Å². The molecule has 0 bridgehead atoms. The van der Waals surface area contributed by atoms with Gasteiger partial charge in [0, 0.05) is 32.4 Å². The van der Waals surface area contributed by atoms with Crippen molar-refractivity contribution in [1.29, 1.82) is 0 Å². The molecule has 1 aromatic carbocycles. The van der Waals surface area contributed by atoms with Gasteiger partial charge in [-0.2, -0.15) is 0 Å². The normalized spacial score (nSPS) is 16.3. The van der Waals surface area contributed by atoms with Gasteiger partial charge < -0.3 is 15.5 Å². The molecule has 1 atom stereocenters. The lowest BCUT2D eigenvalue weighted by atomic mass is 9.95. The maximum absolute atomic E-state index is 12.8. The second-order valence-electron chi connectivity index (χ2n) is 6.88. The highest BCUT2D eigenvalue weighted by molar-refractivity contribution is 5.83. The maximum atomic E-state index is 12.8. The summed E-state index contributed by atoms with van der Waals surface area (Å²) in [6.45, 7) is 5.47. The van der Waals surface area contributed by atoms with Gasteiger partial charge in [0.2, 0.25) is 5.91 Å². The summed E-state index contributed by atoms with van der Waals surface area (Å²) in [5.41, 5.74) is 7.09. The number of carbonyl (C=O) groups excluding carboxylic acids is 1. The fourth-order valence-corrected chi connectivity index (χ4v) is 3.57. The first-order valence-electron chi connectivity index (χ1n) is 9.44. The summed E-state index contributed by atoms with van der Waals surface area (Å²) in [5.74, 6) is 1.58. The number of carbonyl (C=O) groups is 1. The number of nitrogens with two attached hydrogens (primary N) is 1. The van der Waals surface area contributed by atoms with Crippen LogP contribution in [0.1, 0.15) is 31.4 Å². The number of hydrogen-bond acceptors (Lipinski definition) is 4. The van der Waals surface area contributed by atoms with E-state index in [1.165, 1.54) is 0 Å². The molecule has 1 aliphatic rings. The Kier molecular flexibility index (Phi) is 6.23. The maximum Gasteiger partial charge on any atom is 0.244 e. The SMILES string of the molecule is CCN(CC1CCN(c2ccccn2)CC1)C(=O)C(N)c1ccccc1. The lowest BCUT2D eigenvalue weighted by Crippen LogP contribution is -2.44. The number of amides is 1. The van der Waals surface area contributed by atoms with Crippen LogP contribution in [-0.2, 0) is 4.79 Å². The summed E-state index contributed by atoms with van der Waals surface area (Å²) in [4.78, 5) is 21.5. The summed E-state index contributed by atoms with van der Waals surface area (Å²) in [6, 6.07) is 15.1. The Balaban J connectivity index is 1.55. The van der Waals surface area contributed by atoms with Crippen LogP contribution >= 0.6 is 0 Å². The number of aromatic nitrogens is 1. The number of anilines is 1. The van der Waals surface area contributed by atoms with Crippen LogP contribution in [-0.4, -0.2) is 42.0 Å². The van der Waals surface area contributed by atoms with Gasteiger partial charge in [-0.3, -0.25) is 4.79 Å². The number of likely N-dealkylation sites (N-methyl/N-ethyl adjacent to an activating group) is 1. The zero-order valence-corrected chi connectivity index (χ0v) is 15.4. The molecule has 26 heavy (non-hydrogen) atoms. The Hall–Kier alpha value is -2.40. The minimum absolute atomic E-state index is 0.0193. The molecule has 3 rings (SSSR count). The van der Waals surface area contributed by atoms with E-state index >= 15 is 0 Å². The Bertz CT molecular complexity index is 684. The van der Waals surface area contributed by atoms with Crippen LogP contribution in [0.5, 0.6) is 0 Å². The van der Waals surface area contributed by atoms with Crippen molar-refractivity contribution in [1.82, 2.24) is 9.88 Å². The molecular formula is C21H28N4O. The van der Waals surface area contributed by atoms with Gasteiger partial charge in [-0.05, 0) is 43.4 Å². The van der Waals surface area contributed by atoms with Gasteiger partial charge in [0.25, 0.3) is 0 Å². The van der Waals surface area contributed by atoms with Crippen molar-refractivity contribution in [3.8, 4) is 0 Å². The molecule has 1 unspecified atom stereocenters. The van der Waals surface area contributed by atoms with Crippen LogP contribution in [0.15, 0.2) is 54.7 Å². The van der Waals surface area contributed by atoms with Crippen molar-refractivity contribution < 1.29 is 4.79 Å². The van der Waals surface area contributed by atoms with Gasteiger partial charge in [-0.25, -0.2) is 4.98 Å². The van der Waals surface area contributed by atoms with Crippen LogP contribution in [0.25, 0.3) is 0 Å². The number of pyridine rings is 1. The molecular weight excluding hydrogens is 324 g/mol. The smallest absolute Gasteiger partial charge is 0.244 e. The van der Waals surface area contributed by atoms with Crippen molar-refractivity contribution in [2.75, 3.05) is 31.1 Å². The van der Waals surface area contributed by atoms with Crippen LogP contribution in [0.4, 0.5) is 5.82 Å². The largest absolute Gasteiger partial charge is 0.357 e. The quantitative estimate of drug-likeness (QED) is 0.868. The zero-order chi connectivity index (χ0) is 18.4. The molecule has 1 aromatic heterocycles. The van der Waals surface area contributed by atoms with E-state index in [9.17, 15) is 4.79 Å². The first-order valence-corrected chi connectivity index (χ1v) is 9.44. The predicted molar refractivity (Wildman–Crippen MR) is 105 cm³/mol. The Morgan fingerprint density at radius 2 is 1.88 bits per heavy atom. The summed E-state index contributed by atoms with van der Waals surface area (Å²) < 4.78 is 0. The van der Waals surface area contributed by atoms with E-state index in [1.807, 2.05) is 60.5 Å². The summed E-state index contributed by atoms with van der Waals surface area (Å²) in [5, 5.41) is 0. The molecule has 2 heterocycles. The zero-order valence-electron chi connectivity index (χ0n) is 15.4. The molecule has 2 aromatic rings. The Labute approximate surface area is 155 Å². The Morgan fingerprint density at radius 3 is 2.50 bits per heavy atom. The average molecular weight is 352 g/mol. The molecule has 1 fully saturated rings. The lowest BCUT2D eigenvalue weighted by Gasteiger charge is -2.35. The molecule has 0 aliphatic carbocycles. The minimum Gasteiger partial charge on any atom is -0.357 e. The fraction of sp³-hybridized carbons (Fsp3) is 0.429. The summed E-state index contributed by atoms with van der Waals surface area (Å²) in [7, 11) is 0. The number of nitrogens with zero attached hydrogens (tertiary/aromatic N) is 3. The highest BCUT2D eigenvalue weighted by Crippen LogP contribution is 2.23. The van der Waals surface area contributed by atoms with E-state index in [1.54, 1.807) is 0 Å². The predicted octanol–water partition coefficient (Wildman–Crippen LogP) is 2.85. The topological polar surface area (TPSA) is 62.5 Å². The molecule has 138 valence electrons. The molecule has 0 radical (unpaired) electrons. The van der Waals surface area contributed by atoms with Crippen molar-refractivity contribution in [2.24, 2.45) is 11.7 Å². The second-order valence-corrected chi connectivity index (χ2v) is 6.88. The monoisotopic (exact) mass is 352 g/mol. The molecule has 2 N–H and O–H groups in total. The number of piperidine rings is 1. The van der Waals surface area contributed by atoms with Crippen molar-refractivity contribution in [3.05, 3.63) is 60.3 Å². The van der Waals surface area contributed by atoms with Crippen molar-refractivity contribution in [3.63, 3.8) is 0 Å². The summed E-state index contributed by atoms with van der Waals surface area (Å²) in [6.07, 6.45) is 3.98. The van der Waals surface area contributed by atoms with E-state index in [2.05, 4.69) is 16.0 Å². The van der Waals surface area contributed by atoms with E-state index in [0.717, 1.165) is 43.9 Å². The number of benzene rings is 1. The van der Waals surface area contributed by atoms with E-state index in [-0.39, 0.29) is 5.91 Å². The van der Waals surface area contributed by atoms with Crippen molar-refractivity contribution in [2.45, 2.75) is 25.8 Å². The first-order chi connectivity index (χ1) is 12.7. The van der Waals surface area contributed by atoms with Gasteiger partial charge >= 0.3 is 0 Å². The third kappa shape index (κ3) is 4.41. The lowest BCUT2D eigenvalue weighted by molar-refractivity contribution is -0.133. The molecule has 1 saturated heterocycles. The standard InChI is InChI=1S/C21H28N4O/c1-2-24(21(26)20(22)18-8-4-3-5-9-18)16-17-11-14-25(15-12-17)19-10-6-7-13-23-19/h3-10,13,17,20H,2,11-12,14-16,22H2,1H3. The molecule has 1 aliphatic heterocycles. The number of rotatable bonds is 6. The fourth-order valence-electron chi connectivity index (χ4n) is 3.57. The van der Waals surface area contributed by atoms with Crippen LogP contribution < -0.4 is 10.6 Å². The molecule has 1 amide bonds. The van der Waals surface area contributed by atoms with Crippen LogP contribution in [0.3, 0.4) is 0 Å². The molecule has 5 nitrogen and oxygen atoms in total. The second kappa shape index (κ2) is 8.81. The third-order valence-electron chi connectivity index (χ3n) is 5.18. The molecule has 0 spiro atoms. The van der Waals surface area contributed by atoms with Crippen LogP contribution in [0.2, 0.25) is 0 Å². The van der Waals surface area contributed by atoms with E-state index in [0.29, 0.717) is 12.5 Å². The first kappa shape index (κ1) is 18.4. The third-order valence-corrected chi connectivity index (χ3v) is 5.18. The van der Waals surface area contributed by atoms with Gasteiger partial charge in [0.05, 0.1) is 0 Å². The van der Waals surface area contributed by atoms with Gasteiger partial charge in [0.1, 0.15) is 11.9 Å².